The van der Waals surface area contributed by atoms with E-state index >= 15 is 0 Å². The number of benzene rings is 1. The molecule has 6 heteroatoms. The first-order chi connectivity index (χ1) is 9.47. The third kappa shape index (κ3) is 3.64. The van der Waals surface area contributed by atoms with Crippen LogP contribution in [-0.4, -0.2) is 17.9 Å². The second kappa shape index (κ2) is 6.46. The van der Waals surface area contributed by atoms with Crippen LogP contribution in [-0.2, 0) is 9.59 Å². The number of rotatable bonds is 3. The van der Waals surface area contributed by atoms with E-state index in [1.165, 1.54) is 0 Å². The van der Waals surface area contributed by atoms with Gasteiger partial charge in [-0.1, -0.05) is 29.3 Å². The molecule has 108 valence electrons. The molecule has 0 aliphatic carbocycles. The van der Waals surface area contributed by atoms with Crippen LogP contribution in [0.25, 0.3) is 0 Å². The Balaban J connectivity index is 2.01. The van der Waals surface area contributed by atoms with E-state index in [4.69, 9.17) is 23.2 Å². The first-order valence-electron chi connectivity index (χ1n) is 6.52. The van der Waals surface area contributed by atoms with Gasteiger partial charge in [0.15, 0.2) is 0 Å². The van der Waals surface area contributed by atoms with Crippen molar-refractivity contribution in [3.63, 3.8) is 0 Å². The van der Waals surface area contributed by atoms with Gasteiger partial charge in [0.25, 0.3) is 0 Å². The fourth-order valence-electron chi connectivity index (χ4n) is 2.25. The predicted molar refractivity (Wildman–Crippen MR) is 78.8 cm³/mol. The zero-order chi connectivity index (χ0) is 14.7. The third-order valence-electron chi connectivity index (χ3n) is 3.34. The molecule has 1 aromatic rings. The first kappa shape index (κ1) is 15.1. The predicted octanol–water partition coefficient (Wildman–Crippen LogP) is 2.84. The topological polar surface area (TPSA) is 58.2 Å². The molecule has 20 heavy (non-hydrogen) atoms. The Hall–Kier alpha value is -1.26. The van der Waals surface area contributed by atoms with Crippen LogP contribution >= 0.6 is 23.2 Å². The summed E-state index contributed by atoms with van der Waals surface area (Å²) in [5.41, 5.74) is 0.798. The Morgan fingerprint density at radius 3 is 2.85 bits per heavy atom. The van der Waals surface area contributed by atoms with Crippen molar-refractivity contribution in [2.75, 3.05) is 0 Å². The Morgan fingerprint density at radius 2 is 2.20 bits per heavy atom. The molecule has 0 unspecified atom stereocenters. The molecule has 4 nitrogen and oxygen atoms in total. The molecule has 2 N–H and O–H groups in total. The summed E-state index contributed by atoms with van der Waals surface area (Å²) in [6.07, 6.45) is 1.89. The van der Waals surface area contributed by atoms with E-state index in [0.29, 0.717) is 22.9 Å². The van der Waals surface area contributed by atoms with Crippen LogP contribution in [0.5, 0.6) is 0 Å². The number of nitrogens with one attached hydrogen (secondary N) is 2. The summed E-state index contributed by atoms with van der Waals surface area (Å²) in [6.45, 7) is 1.84. The van der Waals surface area contributed by atoms with Gasteiger partial charge >= 0.3 is 0 Å². The van der Waals surface area contributed by atoms with Crippen molar-refractivity contribution >= 4 is 35.0 Å². The van der Waals surface area contributed by atoms with Crippen LogP contribution < -0.4 is 10.6 Å². The second-order valence-corrected chi connectivity index (χ2v) is 5.75. The van der Waals surface area contributed by atoms with Gasteiger partial charge in [-0.15, -0.1) is 0 Å². The lowest BCUT2D eigenvalue weighted by molar-refractivity contribution is -0.131. The fraction of sp³-hybridized carbons (Fsp3) is 0.429. The Morgan fingerprint density at radius 1 is 1.45 bits per heavy atom. The maximum absolute atomic E-state index is 12.1. The summed E-state index contributed by atoms with van der Waals surface area (Å²) in [4.78, 5) is 23.4. The minimum atomic E-state index is -0.454. The molecule has 1 aliphatic rings. The Kier molecular flexibility index (Phi) is 4.89. The van der Waals surface area contributed by atoms with E-state index < -0.39 is 6.04 Å². The summed E-state index contributed by atoms with van der Waals surface area (Å²) in [5, 5.41) is 6.62. The molecule has 1 heterocycles. The van der Waals surface area contributed by atoms with Crippen LogP contribution in [0.3, 0.4) is 0 Å². The summed E-state index contributed by atoms with van der Waals surface area (Å²) in [6, 6.07) is 4.46. The maximum atomic E-state index is 12.1. The maximum Gasteiger partial charge on any atom is 0.243 e. The molecule has 2 atom stereocenters. The number of carbonyl (C=O) groups is 2. The zero-order valence-electron chi connectivity index (χ0n) is 11.1. The van der Waals surface area contributed by atoms with E-state index in [0.717, 1.165) is 12.0 Å². The van der Waals surface area contributed by atoms with Gasteiger partial charge in [-0.3, -0.25) is 9.59 Å². The number of carbonyl (C=O) groups excluding carboxylic acids is 2. The molecule has 0 radical (unpaired) electrons. The van der Waals surface area contributed by atoms with Crippen molar-refractivity contribution in [1.29, 1.82) is 0 Å². The molecule has 1 aliphatic heterocycles. The minimum Gasteiger partial charge on any atom is -0.348 e. The van der Waals surface area contributed by atoms with Crippen LogP contribution in [0.4, 0.5) is 0 Å². The van der Waals surface area contributed by atoms with Crippen molar-refractivity contribution in [2.45, 2.75) is 38.3 Å². The van der Waals surface area contributed by atoms with Crippen molar-refractivity contribution in [2.24, 2.45) is 0 Å². The monoisotopic (exact) mass is 314 g/mol. The lowest BCUT2D eigenvalue weighted by Crippen LogP contribution is -2.49. The van der Waals surface area contributed by atoms with E-state index in [-0.39, 0.29) is 17.9 Å². The van der Waals surface area contributed by atoms with E-state index in [1.807, 2.05) is 6.92 Å². The lowest BCUT2D eigenvalue weighted by atomic mass is 10.0. The summed E-state index contributed by atoms with van der Waals surface area (Å²) in [7, 11) is 0. The van der Waals surface area contributed by atoms with Gasteiger partial charge in [0.05, 0.1) is 6.04 Å². The number of amides is 2. The van der Waals surface area contributed by atoms with Crippen molar-refractivity contribution < 1.29 is 9.59 Å². The van der Waals surface area contributed by atoms with E-state index in [2.05, 4.69) is 10.6 Å². The first-order valence-corrected chi connectivity index (χ1v) is 7.27. The average Bonchev–Trinajstić information content (AvgIpc) is 2.38. The van der Waals surface area contributed by atoms with Gasteiger partial charge in [-0.05, 0) is 37.5 Å². The lowest BCUT2D eigenvalue weighted by Gasteiger charge is -2.24. The summed E-state index contributed by atoms with van der Waals surface area (Å²) < 4.78 is 0. The normalized spacial score (nSPS) is 20.1. The van der Waals surface area contributed by atoms with E-state index in [9.17, 15) is 9.59 Å². The largest absolute Gasteiger partial charge is 0.348 e. The quantitative estimate of drug-likeness (QED) is 0.901. The third-order valence-corrected chi connectivity index (χ3v) is 3.90. The number of hydrogen-bond donors (Lipinski definition) is 2. The standard InChI is InChI=1S/C14H16Cl2N2O2/c1-8(10-6-5-9(15)7-11(10)16)17-14(20)12-3-2-4-13(19)18-12/h5-8,12H,2-4H2,1H3,(H,17,20)(H,18,19)/t8-,12-/m1/s1. The molecule has 0 bridgehead atoms. The molecule has 0 saturated carbocycles. The number of piperidine rings is 1. The van der Waals surface area contributed by atoms with Crippen molar-refractivity contribution in [3.8, 4) is 0 Å². The average molecular weight is 315 g/mol. The van der Waals surface area contributed by atoms with Gasteiger partial charge in [-0.25, -0.2) is 0 Å². The van der Waals surface area contributed by atoms with Crippen molar-refractivity contribution in [3.05, 3.63) is 33.8 Å². The molecule has 1 fully saturated rings. The van der Waals surface area contributed by atoms with Crippen LogP contribution in [0.1, 0.15) is 37.8 Å². The molecular formula is C14H16Cl2N2O2. The molecular weight excluding hydrogens is 299 g/mol. The second-order valence-electron chi connectivity index (χ2n) is 4.91. The molecule has 1 saturated heterocycles. The van der Waals surface area contributed by atoms with Gasteiger partial charge in [0, 0.05) is 16.5 Å². The highest BCUT2D eigenvalue weighted by Crippen LogP contribution is 2.26. The number of hydrogen-bond acceptors (Lipinski definition) is 2. The highest BCUT2D eigenvalue weighted by atomic mass is 35.5. The molecule has 1 aromatic carbocycles. The Bertz CT molecular complexity index is 534. The van der Waals surface area contributed by atoms with Crippen LogP contribution in [0.2, 0.25) is 10.0 Å². The molecule has 2 rings (SSSR count). The highest BCUT2D eigenvalue weighted by molar-refractivity contribution is 6.35. The molecule has 0 spiro atoms. The summed E-state index contributed by atoms with van der Waals surface area (Å²) >= 11 is 12.0. The number of halogens is 2. The van der Waals surface area contributed by atoms with Crippen LogP contribution in [0, 0.1) is 0 Å². The van der Waals surface area contributed by atoms with Gasteiger partial charge in [0.1, 0.15) is 6.04 Å². The zero-order valence-corrected chi connectivity index (χ0v) is 12.6. The molecule has 2 amide bonds. The Labute approximate surface area is 127 Å². The van der Waals surface area contributed by atoms with Crippen LogP contribution in [0.15, 0.2) is 18.2 Å². The van der Waals surface area contributed by atoms with Gasteiger partial charge in [-0.2, -0.15) is 0 Å². The summed E-state index contributed by atoms with van der Waals surface area (Å²) in [5.74, 6) is -0.259. The highest BCUT2D eigenvalue weighted by Gasteiger charge is 2.26. The smallest absolute Gasteiger partial charge is 0.243 e. The van der Waals surface area contributed by atoms with Gasteiger partial charge in [0.2, 0.25) is 11.8 Å². The van der Waals surface area contributed by atoms with Crippen molar-refractivity contribution in [1.82, 2.24) is 10.6 Å². The minimum absolute atomic E-state index is 0.0754. The SMILES string of the molecule is C[C@@H](NC(=O)[C@H]1CCCC(=O)N1)c1ccc(Cl)cc1Cl. The van der Waals surface area contributed by atoms with Gasteiger partial charge < -0.3 is 10.6 Å². The van der Waals surface area contributed by atoms with E-state index in [1.54, 1.807) is 18.2 Å². The fourth-order valence-corrected chi connectivity index (χ4v) is 2.82. The molecule has 0 aromatic heterocycles.